The zero-order valence-corrected chi connectivity index (χ0v) is 22.7. The number of fused-ring (bicyclic) bond motifs is 1. The molecule has 0 bridgehead atoms. The number of halogens is 1. The monoisotopic (exact) mass is 545 g/mol. The second-order valence-electron chi connectivity index (χ2n) is 9.08. The quantitative estimate of drug-likeness (QED) is 0.225. The first-order valence-corrected chi connectivity index (χ1v) is 13.4. The van der Waals surface area contributed by atoms with Crippen LogP contribution in [-0.2, 0) is 6.42 Å². The fraction of sp³-hybridized carbons (Fsp3) is 0.300. The van der Waals surface area contributed by atoms with Gasteiger partial charge in [0.05, 0.1) is 22.6 Å². The maximum Gasteiger partial charge on any atom is 0.266 e. The summed E-state index contributed by atoms with van der Waals surface area (Å²) in [5.41, 5.74) is 3.08. The van der Waals surface area contributed by atoms with Crippen LogP contribution in [0.4, 0.5) is 0 Å². The van der Waals surface area contributed by atoms with E-state index >= 15 is 0 Å². The van der Waals surface area contributed by atoms with Crippen molar-refractivity contribution in [1.82, 2.24) is 14.5 Å². The summed E-state index contributed by atoms with van der Waals surface area (Å²) in [6, 6.07) is 22.4. The van der Waals surface area contributed by atoms with Crippen molar-refractivity contribution in [3.63, 3.8) is 0 Å². The summed E-state index contributed by atoms with van der Waals surface area (Å²) in [7, 11) is 0. The minimum atomic E-state index is -0.418. The van der Waals surface area contributed by atoms with Gasteiger partial charge in [-0.1, -0.05) is 60.5 Å². The summed E-state index contributed by atoms with van der Waals surface area (Å²) in [6.07, 6.45) is 4.08. The lowest BCUT2D eigenvalue weighted by atomic mass is 10.0. The highest BCUT2D eigenvalue weighted by Crippen LogP contribution is 2.25. The van der Waals surface area contributed by atoms with Crippen molar-refractivity contribution >= 4 is 32.7 Å². The Hall–Kier alpha value is -3.25. The molecule has 0 spiro atoms. The van der Waals surface area contributed by atoms with Crippen molar-refractivity contribution in [2.75, 3.05) is 6.54 Å². The summed E-state index contributed by atoms with van der Waals surface area (Å²) in [5, 5.41) is 0.549. The number of carbonyl (C=O) groups is 1. The zero-order valence-electron chi connectivity index (χ0n) is 21.1. The van der Waals surface area contributed by atoms with E-state index < -0.39 is 6.04 Å². The third-order valence-corrected chi connectivity index (χ3v) is 7.00. The molecule has 0 fully saturated rings. The van der Waals surface area contributed by atoms with Gasteiger partial charge in [-0.15, -0.1) is 0 Å². The molecular formula is C30H32BrN3O2. The molecule has 0 N–H and O–H groups in total. The second-order valence-corrected chi connectivity index (χ2v) is 9.99. The van der Waals surface area contributed by atoms with Crippen LogP contribution in [0.3, 0.4) is 0 Å². The van der Waals surface area contributed by atoms with Crippen molar-refractivity contribution in [3.8, 4) is 5.69 Å². The molecule has 0 aliphatic carbocycles. The smallest absolute Gasteiger partial charge is 0.266 e. The molecule has 4 rings (SSSR count). The maximum atomic E-state index is 13.7. The summed E-state index contributed by atoms with van der Waals surface area (Å²) in [6.45, 7) is 6.74. The molecule has 1 heterocycles. The van der Waals surface area contributed by atoms with Crippen LogP contribution < -0.4 is 5.56 Å². The minimum Gasteiger partial charge on any atom is -0.329 e. The molecular weight excluding hydrogens is 514 g/mol. The SMILES string of the molecule is CCCCc1ccc(C(=O)N(CCC)C(C)c2nc3ccccc3c(=O)n2-c2ccc(Br)cc2)cc1. The highest BCUT2D eigenvalue weighted by atomic mass is 79.9. The van der Waals surface area contributed by atoms with Gasteiger partial charge in [0.25, 0.3) is 11.5 Å². The number of amides is 1. The molecule has 186 valence electrons. The first-order valence-electron chi connectivity index (χ1n) is 12.6. The van der Waals surface area contributed by atoms with Gasteiger partial charge >= 0.3 is 0 Å². The molecule has 1 unspecified atom stereocenters. The normalized spacial score (nSPS) is 12.0. The Morgan fingerprint density at radius 2 is 1.67 bits per heavy atom. The fourth-order valence-electron chi connectivity index (χ4n) is 4.48. The van der Waals surface area contributed by atoms with Gasteiger partial charge in [0.2, 0.25) is 0 Å². The minimum absolute atomic E-state index is 0.0591. The van der Waals surface area contributed by atoms with E-state index in [0.717, 1.165) is 30.2 Å². The lowest BCUT2D eigenvalue weighted by Gasteiger charge is -2.30. The Kier molecular flexibility index (Phi) is 8.36. The molecule has 0 saturated heterocycles. The third kappa shape index (κ3) is 5.44. The number of para-hydroxylation sites is 1. The number of benzene rings is 3. The largest absolute Gasteiger partial charge is 0.329 e. The standard InChI is InChI=1S/C30H32BrN3O2/c1-4-6-9-22-12-14-23(15-13-22)29(35)33(20-5-2)21(3)28-32-27-11-8-7-10-26(27)30(36)34(28)25-18-16-24(31)17-19-25/h7-8,10-19,21H,4-6,9,20H2,1-3H3. The number of nitrogens with zero attached hydrogens (tertiary/aromatic N) is 3. The van der Waals surface area contributed by atoms with Crippen LogP contribution in [0.2, 0.25) is 0 Å². The van der Waals surface area contributed by atoms with Crippen molar-refractivity contribution in [1.29, 1.82) is 0 Å². The predicted octanol–water partition coefficient (Wildman–Crippen LogP) is 7.10. The molecule has 0 aliphatic heterocycles. The molecule has 1 aromatic heterocycles. The molecule has 36 heavy (non-hydrogen) atoms. The Balaban J connectivity index is 1.79. The van der Waals surface area contributed by atoms with Crippen LogP contribution in [0.25, 0.3) is 16.6 Å². The first kappa shape index (κ1) is 25.8. The van der Waals surface area contributed by atoms with E-state index in [-0.39, 0.29) is 11.5 Å². The van der Waals surface area contributed by atoms with Gasteiger partial charge in [0.15, 0.2) is 0 Å². The van der Waals surface area contributed by atoms with E-state index in [2.05, 4.69) is 29.8 Å². The van der Waals surface area contributed by atoms with Gasteiger partial charge in [-0.25, -0.2) is 4.98 Å². The van der Waals surface area contributed by atoms with E-state index in [4.69, 9.17) is 4.98 Å². The van der Waals surface area contributed by atoms with E-state index in [1.807, 2.05) is 78.6 Å². The molecule has 0 radical (unpaired) electrons. The van der Waals surface area contributed by atoms with Gasteiger partial charge in [0, 0.05) is 16.6 Å². The predicted molar refractivity (Wildman–Crippen MR) is 150 cm³/mol. The van der Waals surface area contributed by atoms with E-state index in [9.17, 15) is 9.59 Å². The summed E-state index contributed by atoms with van der Waals surface area (Å²) >= 11 is 3.48. The number of aryl methyl sites for hydroxylation is 1. The van der Waals surface area contributed by atoms with Crippen LogP contribution >= 0.6 is 15.9 Å². The third-order valence-electron chi connectivity index (χ3n) is 6.47. The molecule has 4 aromatic rings. The molecule has 5 nitrogen and oxygen atoms in total. The lowest BCUT2D eigenvalue weighted by Crippen LogP contribution is -2.38. The molecule has 6 heteroatoms. The van der Waals surface area contributed by atoms with Crippen LogP contribution in [-0.4, -0.2) is 26.9 Å². The van der Waals surface area contributed by atoms with Gasteiger partial charge in [0.1, 0.15) is 5.82 Å². The van der Waals surface area contributed by atoms with Crippen LogP contribution in [0.1, 0.15) is 67.8 Å². The van der Waals surface area contributed by atoms with Crippen LogP contribution in [0.5, 0.6) is 0 Å². The molecule has 0 saturated carbocycles. The van der Waals surface area contributed by atoms with Gasteiger partial charge in [-0.2, -0.15) is 0 Å². The van der Waals surface area contributed by atoms with Crippen LogP contribution in [0, 0.1) is 0 Å². The second kappa shape index (κ2) is 11.7. The Morgan fingerprint density at radius 1 is 0.972 bits per heavy atom. The first-order chi connectivity index (χ1) is 17.4. The van der Waals surface area contributed by atoms with Crippen LogP contribution in [0.15, 0.2) is 82.1 Å². The number of carbonyl (C=O) groups excluding carboxylic acids is 1. The van der Waals surface area contributed by atoms with Gasteiger partial charge < -0.3 is 4.90 Å². The lowest BCUT2D eigenvalue weighted by molar-refractivity contribution is 0.0681. The van der Waals surface area contributed by atoms with Crippen molar-refractivity contribution in [2.45, 2.75) is 52.5 Å². The number of unbranched alkanes of at least 4 members (excludes halogenated alkanes) is 1. The highest BCUT2D eigenvalue weighted by molar-refractivity contribution is 9.10. The molecule has 3 aromatic carbocycles. The Labute approximate surface area is 220 Å². The average Bonchev–Trinajstić information content (AvgIpc) is 2.91. The van der Waals surface area contributed by atoms with Gasteiger partial charge in [-0.05, 0) is 80.3 Å². The Morgan fingerprint density at radius 3 is 2.33 bits per heavy atom. The Bertz CT molecular complexity index is 1390. The van der Waals surface area contributed by atoms with E-state index in [0.29, 0.717) is 34.5 Å². The number of hydrogen-bond acceptors (Lipinski definition) is 3. The number of rotatable bonds is 9. The van der Waals surface area contributed by atoms with Crippen molar-refractivity contribution in [2.24, 2.45) is 0 Å². The van der Waals surface area contributed by atoms with Crippen molar-refractivity contribution in [3.05, 3.63) is 105 Å². The molecule has 1 atom stereocenters. The summed E-state index contributed by atoms with van der Waals surface area (Å²) < 4.78 is 2.57. The summed E-state index contributed by atoms with van der Waals surface area (Å²) in [4.78, 5) is 34.2. The molecule has 1 amide bonds. The topological polar surface area (TPSA) is 55.2 Å². The van der Waals surface area contributed by atoms with Gasteiger partial charge in [-0.3, -0.25) is 14.2 Å². The maximum absolute atomic E-state index is 13.7. The average molecular weight is 547 g/mol. The van der Waals surface area contributed by atoms with E-state index in [1.165, 1.54) is 5.56 Å². The number of aromatic nitrogens is 2. The summed E-state index contributed by atoms with van der Waals surface area (Å²) in [5.74, 6) is 0.485. The highest BCUT2D eigenvalue weighted by Gasteiger charge is 2.27. The molecule has 0 aliphatic rings. The van der Waals surface area contributed by atoms with E-state index in [1.54, 1.807) is 10.6 Å². The van der Waals surface area contributed by atoms with Crippen molar-refractivity contribution < 1.29 is 4.79 Å². The fourth-order valence-corrected chi connectivity index (χ4v) is 4.75. The zero-order chi connectivity index (χ0) is 25.7. The number of hydrogen-bond donors (Lipinski definition) is 0.